The third-order valence-electron chi connectivity index (χ3n) is 2.64. The second-order valence-corrected chi connectivity index (χ2v) is 5.08. The van der Waals surface area contributed by atoms with E-state index in [-0.39, 0.29) is 17.2 Å². The SMILES string of the molecule is CNC[C@@H](S)[C@H](Cc1cc(F)cc(F)c1)NC(C)=O. The Bertz CT molecular complexity index is 422. The van der Waals surface area contributed by atoms with Crippen molar-refractivity contribution in [2.24, 2.45) is 0 Å². The van der Waals surface area contributed by atoms with E-state index in [1.807, 2.05) is 0 Å². The molecule has 0 fully saturated rings. The van der Waals surface area contributed by atoms with Gasteiger partial charge in [-0.25, -0.2) is 8.78 Å². The molecule has 0 heterocycles. The van der Waals surface area contributed by atoms with E-state index >= 15 is 0 Å². The second-order valence-electron chi connectivity index (χ2n) is 4.41. The fourth-order valence-corrected chi connectivity index (χ4v) is 2.24. The molecular weight excluding hydrogens is 270 g/mol. The normalized spacial score (nSPS) is 13.9. The predicted molar refractivity (Wildman–Crippen MR) is 74.4 cm³/mol. The zero-order chi connectivity index (χ0) is 14.4. The molecule has 19 heavy (non-hydrogen) atoms. The summed E-state index contributed by atoms with van der Waals surface area (Å²) in [6.45, 7) is 1.98. The van der Waals surface area contributed by atoms with Crippen LogP contribution in [0.15, 0.2) is 18.2 Å². The molecular formula is C13H18F2N2OS. The van der Waals surface area contributed by atoms with Crippen molar-refractivity contribution in [1.29, 1.82) is 0 Å². The number of hydrogen-bond acceptors (Lipinski definition) is 3. The Kier molecular flexibility index (Phi) is 6.24. The van der Waals surface area contributed by atoms with Crippen molar-refractivity contribution in [2.75, 3.05) is 13.6 Å². The molecule has 2 N–H and O–H groups in total. The molecule has 0 aliphatic carbocycles. The topological polar surface area (TPSA) is 41.1 Å². The van der Waals surface area contributed by atoms with E-state index in [9.17, 15) is 13.6 Å². The van der Waals surface area contributed by atoms with Crippen LogP contribution in [-0.2, 0) is 11.2 Å². The van der Waals surface area contributed by atoms with Gasteiger partial charge < -0.3 is 10.6 Å². The molecule has 0 bridgehead atoms. The summed E-state index contributed by atoms with van der Waals surface area (Å²) in [6, 6.07) is 3.05. The van der Waals surface area contributed by atoms with Crippen molar-refractivity contribution < 1.29 is 13.6 Å². The Labute approximate surface area is 117 Å². The second kappa shape index (κ2) is 7.45. The summed E-state index contributed by atoms with van der Waals surface area (Å²) in [6.07, 6.45) is 0.324. The third-order valence-corrected chi connectivity index (χ3v) is 3.19. The molecule has 1 amide bonds. The van der Waals surface area contributed by atoms with Gasteiger partial charge >= 0.3 is 0 Å². The van der Waals surface area contributed by atoms with E-state index in [2.05, 4.69) is 23.3 Å². The van der Waals surface area contributed by atoms with Crippen LogP contribution >= 0.6 is 12.6 Å². The minimum absolute atomic E-state index is 0.153. The number of amides is 1. The number of thiol groups is 1. The highest BCUT2D eigenvalue weighted by molar-refractivity contribution is 7.81. The molecule has 106 valence electrons. The first-order valence-corrected chi connectivity index (χ1v) is 6.48. The number of rotatable bonds is 6. The fraction of sp³-hybridized carbons (Fsp3) is 0.462. The van der Waals surface area contributed by atoms with Crippen LogP contribution in [0.2, 0.25) is 0 Å². The van der Waals surface area contributed by atoms with Crippen molar-refractivity contribution >= 4 is 18.5 Å². The van der Waals surface area contributed by atoms with Gasteiger partial charge in [-0.15, -0.1) is 0 Å². The molecule has 0 aliphatic rings. The largest absolute Gasteiger partial charge is 0.352 e. The van der Waals surface area contributed by atoms with E-state index in [1.54, 1.807) is 7.05 Å². The molecule has 1 aromatic carbocycles. The predicted octanol–water partition coefficient (Wildman–Crippen LogP) is 1.53. The summed E-state index contributed by atoms with van der Waals surface area (Å²) in [7, 11) is 1.77. The molecule has 0 unspecified atom stereocenters. The van der Waals surface area contributed by atoms with Crippen LogP contribution in [0.25, 0.3) is 0 Å². The monoisotopic (exact) mass is 288 g/mol. The van der Waals surface area contributed by atoms with E-state index in [1.165, 1.54) is 19.1 Å². The average Bonchev–Trinajstić information content (AvgIpc) is 2.26. The lowest BCUT2D eigenvalue weighted by Crippen LogP contribution is -2.45. The maximum absolute atomic E-state index is 13.1. The summed E-state index contributed by atoms with van der Waals surface area (Å²) >= 11 is 4.40. The molecule has 0 spiro atoms. The summed E-state index contributed by atoms with van der Waals surface area (Å²) in [5.74, 6) is -1.45. The molecule has 0 aromatic heterocycles. The minimum atomic E-state index is -0.624. The lowest BCUT2D eigenvalue weighted by molar-refractivity contribution is -0.119. The highest BCUT2D eigenvalue weighted by Gasteiger charge is 2.19. The van der Waals surface area contributed by atoms with Gasteiger partial charge in [0.15, 0.2) is 0 Å². The van der Waals surface area contributed by atoms with Crippen LogP contribution in [0.1, 0.15) is 12.5 Å². The molecule has 0 saturated carbocycles. The molecule has 0 saturated heterocycles. The highest BCUT2D eigenvalue weighted by Crippen LogP contribution is 2.13. The van der Waals surface area contributed by atoms with Crippen LogP contribution in [0.3, 0.4) is 0 Å². The summed E-state index contributed by atoms with van der Waals surface area (Å²) in [5, 5.41) is 5.55. The number of carbonyl (C=O) groups is 1. The van der Waals surface area contributed by atoms with Crippen LogP contribution in [0.4, 0.5) is 8.78 Å². The number of halogens is 2. The first-order valence-electron chi connectivity index (χ1n) is 5.97. The van der Waals surface area contributed by atoms with E-state index in [0.29, 0.717) is 18.5 Å². The molecule has 2 atom stereocenters. The fourth-order valence-electron chi connectivity index (χ4n) is 1.88. The van der Waals surface area contributed by atoms with E-state index < -0.39 is 11.6 Å². The molecule has 1 rings (SSSR count). The quantitative estimate of drug-likeness (QED) is 0.695. The lowest BCUT2D eigenvalue weighted by atomic mass is 10.0. The zero-order valence-electron chi connectivity index (χ0n) is 10.9. The first kappa shape index (κ1) is 15.9. The van der Waals surface area contributed by atoms with E-state index in [0.717, 1.165) is 6.07 Å². The van der Waals surface area contributed by atoms with Crippen LogP contribution < -0.4 is 10.6 Å². The smallest absolute Gasteiger partial charge is 0.217 e. The van der Waals surface area contributed by atoms with Gasteiger partial charge in [0, 0.05) is 30.8 Å². The highest BCUT2D eigenvalue weighted by atomic mass is 32.1. The Morgan fingerprint density at radius 1 is 1.32 bits per heavy atom. The maximum Gasteiger partial charge on any atom is 0.217 e. The average molecular weight is 288 g/mol. The van der Waals surface area contributed by atoms with Gasteiger partial charge in [-0.2, -0.15) is 12.6 Å². The van der Waals surface area contributed by atoms with Crippen molar-refractivity contribution in [3.05, 3.63) is 35.4 Å². The lowest BCUT2D eigenvalue weighted by Gasteiger charge is -2.24. The third kappa shape index (κ3) is 5.57. The summed E-state index contributed by atoms with van der Waals surface area (Å²) in [4.78, 5) is 11.2. The van der Waals surface area contributed by atoms with Gasteiger partial charge in [0.05, 0.1) is 0 Å². The standard InChI is InChI=1S/C13H18F2N2OS/c1-8(18)17-12(13(19)7-16-2)5-9-3-10(14)6-11(15)4-9/h3-4,6,12-13,16,19H,5,7H2,1-2H3,(H,17,18)/t12-,13+/m0/s1. The van der Waals surface area contributed by atoms with Crippen molar-refractivity contribution in [2.45, 2.75) is 24.6 Å². The number of nitrogens with one attached hydrogen (secondary N) is 2. The van der Waals surface area contributed by atoms with Crippen LogP contribution in [0, 0.1) is 11.6 Å². The van der Waals surface area contributed by atoms with Gasteiger partial charge in [0.1, 0.15) is 11.6 Å². The van der Waals surface area contributed by atoms with Crippen molar-refractivity contribution in [1.82, 2.24) is 10.6 Å². The molecule has 3 nitrogen and oxygen atoms in total. The minimum Gasteiger partial charge on any atom is -0.352 e. The van der Waals surface area contributed by atoms with Crippen LogP contribution in [0.5, 0.6) is 0 Å². The molecule has 0 aliphatic heterocycles. The van der Waals surface area contributed by atoms with Gasteiger partial charge in [0.25, 0.3) is 0 Å². The van der Waals surface area contributed by atoms with Gasteiger partial charge in [-0.1, -0.05) is 0 Å². The van der Waals surface area contributed by atoms with Gasteiger partial charge in [-0.05, 0) is 31.2 Å². The number of carbonyl (C=O) groups excluding carboxylic acids is 1. The molecule has 6 heteroatoms. The van der Waals surface area contributed by atoms with Gasteiger partial charge in [-0.3, -0.25) is 4.79 Å². The molecule has 0 radical (unpaired) electrons. The Morgan fingerprint density at radius 2 is 1.89 bits per heavy atom. The van der Waals surface area contributed by atoms with E-state index in [4.69, 9.17) is 0 Å². The first-order chi connectivity index (χ1) is 8.92. The number of benzene rings is 1. The summed E-state index contributed by atoms with van der Waals surface area (Å²) < 4.78 is 26.3. The zero-order valence-corrected chi connectivity index (χ0v) is 11.8. The van der Waals surface area contributed by atoms with Crippen LogP contribution in [-0.4, -0.2) is 30.8 Å². The van der Waals surface area contributed by atoms with Crippen molar-refractivity contribution in [3.63, 3.8) is 0 Å². The Balaban J connectivity index is 2.83. The summed E-state index contributed by atoms with van der Waals surface area (Å²) in [5.41, 5.74) is 0.492. The number of hydrogen-bond donors (Lipinski definition) is 3. The Hall–Kier alpha value is -1.14. The van der Waals surface area contributed by atoms with Gasteiger partial charge in [0.2, 0.25) is 5.91 Å². The molecule has 1 aromatic rings. The Morgan fingerprint density at radius 3 is 2.37 bits per heavy atom. The van der Waals surface area contributed by atoms with Crippen molar-refractivity contribution in [3.8, 4) is 0 Å². The maximum atomic E-state index is 13.1.